The average molecular weight is 257 g/mol. The van der Waals surface area contributed by atoms with E-state index in [1.807, 2.05) is 18.9 Å². The van der Waals surface area contributed by atoms with Crippen molar-refractivity contribution in [3.05, 3.63) is 42.2 Å². The van der Waals surface area contributed by atoms with Crippen LogP contribution in [0.25, 0.3) is 11.2 Å². The molecular formula is C13H12FN5. The van der Waals surface area contributed by atoms with Crippen molar-refractivity contribution in [3.63, 3.8) is 0 Å². The number of halogens is 1. The lowest BCUT2D eigenvalue weighted by Gasteiger charge is -2.18. The molecule has 0 aliphatic carbocycles. The summed E-state index contributed by atoms with van der Waals surface area (Å²) < 4.78 is 13.0. The number of aryl methyl sites for hydroxylation is 1. The fourth-order valence-electron chi connectivity index (χ4n) is 1.95. The van der Waals surface area contributed by atoms with Crippen molar-refractivity contribution in [2.24, 2.45) is 0 Å². The van der Waals surface area contributed by atoms with E-state index in [-0.39, 0.29) is 5.82 Å². The fraction of sp³-hybridized carbons (Fsp3) is 0.154. The zero-order valence-corrected chi connectivity index (χ0v) is 10.6. The molecule has 2 aromatic heterocycles. The summed E-state index contributed by atoms with van der Waals surface area (Å²) in [6.07, 6.45) is 1.58. The zero-order valence-electron chi connectivity index (χ0n) is 10.6. The first-order valence-electron chi connectivity index (χ1n) is 5.82. The van der Waals surface area contributed by atoms with Crippen LogP contribution in [0.4, 0.5) is 15.9 Å². The molecule has 0 bridgehead atoms. The van der Waals surface area contributed by atoms with E-state index in [0.29, 0.717) is 17.3 Å². The van der Waals surface area contributed by atoms with Crippen molar-refractivity contribution in [1.82, 2.24) is 19.9 Å². The van der Waals surface area contributed by atoms with Crippen LogP contribution in [0.3, 0.4) is 0 Å². The number of nitrogens with zero attached hydrogens (tertiary/aromatic N) is 4. The van der Waals surface area contributed by atoms with Gasteiger partial charge >= 0.3 is 0 Å². The maximum atomic E-state index is 13.0. The van der Waals surface area contributed by atoms with Crippen LogP contribution in [0.2, 0.25) is 0 Å². The van der Waals surface area contributed by atoms with E-state index in [1.54, 1.807) is 18.5 Å². The third-order valence-corrected chi connectivity index (χ3v) is 2.91. The molecule has 1 aromatic carbocycles. The molecule has 96 valence electrons. The van der Waals surface area contributed by atoms with Gasteiger partial charge in [-0.25, -0.2) is 19.3 Å². The van der Waals surface area contributed by atoms with Crippen LogP contribution < -0.4 is 4.90 Å². The molecule has 0 spiro atoms. The lowest BCUT2D eigenvalue weighted by Crippen LogP contribution is -2.13. The maximum Gasteiger partial charge on any atom is 0.183 e. The minimum Gasteiger partial charge on any atom is -0.340 e. The number of fused-ring (bicyclic) bond motifs is 1. The predicted molar refractivity (Wildman–Crippen MR) is 70.9 cm³/mol. The Morgan fingerprint density at radius 3 is 2.63 bits per heavy atom. The van der Waals surface area contributed by atoms with Crippen LogP contribution >= 0.6 is 0 Å². The van der Waals surface area contributed by atoms with E-state index in [0.717, 1.165) is 11.2 Å². The molecule has 6 heteroatoms. The van der Waals surface area contributed by atoms with Crippen LogP contribution in [0.5, 0.6) is 0 Å². The molecule has 1 N–H and O–H groups in total. The van der Waals surface area contributed by atoms with E-state index in [2.05, 4.69) is 19.9 Å². The lowest BCUT2D eigenvalue weighted by molar-refractivity contribution is 0.628. The average Bonchev–Trinajstić information content (AvgIpc) is 2.85. The van der Waals surface area contributed by atoms with Crippen LogP contribution in [0, 0.1) is 12.7 Å². The minimum absolute atomic E-state index is 0.261. The second-order valence-corrected chi connectivity index (χ2v) is 4.23. The highest BCUT2D eigenvalue weighted by molar-refractivity contribution is 5.85. The number of H-pyrrole nitrogens is 1. The Labute approximate surface area is 109 Å². The van der Waals surface area contributed by atoms with E-state index >= 15 is 0 Å². The first-order valence-corrected chi connectivity index (χ1v) is 5.82. The maximum absolute atomic E-state index is 13.0. The molecule has 3 aromatic rings. The zero-order chi connectivity index (χ0) is 13.4. The molecule has 0 unspecified atom stereocenters. The van der Waals surface area contributed by atoms with Gasteiger partial charge in [0.2, 0.25) is 0 Å². The van der Waals surface area contributed by atoms with Crippen LogP contribution in [-0.4, -0.2) is 27.0 Å². The molecule has 5 nitrogen and oxygen atoms in total. The molecule has 0 aliphatic heterocycles. The number of aromatic nitrogens is 4. The van der Waals surface area contributed by atoms with Crippen molar-refractivity contribution >= 4 is 22.7 Å². The Morgan fingerprint density at radius 2 is 1.89 bits per heavy atom. The summed E-state index contributed by atoms with van der Waals surface area (Å²) in [5.41, 5.74) is 2.23. The Balaban J connectivity index is 2.12. The Kier molecular flexibility index (Phi) is 2.63. The van der Waals surface area contributed by atoms with Gasteiger partial charge in [0.05, 0.1) is 6.33 Å². The summed E-state index contributed by atoms with van der Waals surface area (Å²) >= 11 is 0. The number of benzene rings is 1. The predicted octanol–water partition coefficient (Wildman–Crippen LogP) is 2.57. The highest BCUT2D eigenvalue weighted by Crippen LogP contribution is 2.26. The van der Waals surface area contributed by atoms with E-state index in [9.17, 15) is 4.39 Å². The smallest absolute Gasteiger partial charge is 0.183 e. The third-order valence-electron chi connectivity index (χ3n) is 2.91. The van der Waals surface area contributed by atoms with Crippen LogP contribution in [0.1, 0.15) is 5.82 Å². The summed E-state index contributed by atoms with van der Waals surface area (Å²) in [7, 11) is 1.87. The molecule has 0 atom stereocenters. The van der Waals surface area contributed by atoms with Crippen LogP contribution in [-0.2, 0) is 0 Å². The molecule has 0 saturated heterocycles. The van der Waals surface area contributed by atoms with Gasteiger partial charge in [0.1, 0.15) is 17.2 Å². The van der Waals surface area contributed by atoms with Gasteiger partial charge in [0.25, 0.3) is 0 Å². The molecule has 0 amide bonds. The first kappa shape index (κ1) is 11.6. The monoisotopic (exact) mass is 257 g/mol. The minimum atomic E-state index is -0.261. The Bertz CT molecular complexity index is 719. The second-order valence-electron chi connectivity index (χ2n) is 4.23. The second kappa shape index (κ2) is 4.31. The molecule has 0 aliphatic rings. The first-order chi connectivity index (χ1) is 9.15. The van der Waals surface area contributed by atoms with Gasteiger partial charge in [-0.15, -0.1) is 0 Å². The molecule has 19 heavy (non-hydrogen) atoms. The largest absolute Gasteiger partial charge is 0.340 e. The van der Waals surface area contributed by atoms with Gasteiger partial charge in [0.15, 0.2) is 11.5 Å². The number of nitrogens with one attached hydrogen (secondary N) is 1. The number of anilines is 2. The highest BCUT2D eigenvalue weighted by Gasteiger charge is 2.13. The highest BCUT2D eigenvalue weighted by atomic mass is 19.1. The quantitative estimate of drug-likeness (QED) is 0.766. The van der Waals surface area contributed by atoms with Gasteiger partial charge in [-0.2, -0.15) is 0 Å². The molecule has 2 heterocycles. The molecule has 0 fully saturated rings. The van der Waals surface area contributed by atoms with Crippen molar-refractivity contribution in [1.29, 1.82) is 0 Å². The summed E-state index contributed by atoms with van der Waals surface area (Å²) in [6, 6.07) is 6.25. The van der Waals surface area contributed by atoms with Crippen molar-refractivity contribution in [3.8, 4) is 0 Å². The fourth-order valence-corrected chi connectivity index (χ4v) is 1.95. The van der Waals surface area contributed by atoms with Gasteiger partial charge in [0, 0.05) is 12.7 Å². The summed E-state index contributed by atoms with van der Waals surface area (Å²) in [4.78, 5) is 17.7. The normalized spacial score (nSPS) is 10.9. The summed E-state index contributed by atoms with van der Waals surface area (Å²) in [5, 5.41) is 0. The van der Waals surface area contributed by atoms with E-state index in [1.165, 1.54) is 12.1 Å². The third kappa shape index (κ3) is 2.01. The summed E-state index contributed by atoms with van der Waals surface area (Å²) in [6.45, 7) is 1.82. The van der Waals surface area contributed by atoms with Gasteiger partial charge in [-0.05, 0) is 31.2 Å². The molecule has 0 saturated carbocycles. The van der Waals surface area contributed by atoms with E-state index < -0.39 is 0 Å². The lowest BCUT2D eigenvalue weighted by atomic mass is 10.3. The Morgan fingerprint density at radius 1 is 1.16 bits per heavy atom. The van der Waals surface area contributed by atoms with Gasteiger partial charge in [-0.1, -0.05) is 0 Å². The number of imidazole rings is 1. The molecule has 0 radical (unpaired) electrons. The SMILES string of the molecule is Cc1nc(N(C)c2ccc(F)cc2)c2[nH]cnc2n1. The topological polar surface area (TPSA) is 57.7 Å². The number of aromatic amines is 1. The van der Waals surface area contributed by atoms with E-state index in [4.69, 9.17) is 0 Å². The van der Waals surface area contributed by atoms with Gasteiger partial charge in [-0.3, -0.25) is 0 Å². The van der Waals surface area contributed by atoms with Crippen LogP contribution in [0.15, 0.2) is 30.6 Å². The standard InChI is InChI=1S/C13H12FN5/c1-8-17-12-11(15-7-16-12)13(18-8)19(2)10-5-3-9(14)4-6-10/h3-7H,1-2H3,(H,15,16,17,18). The number of hydrogen-bond donors (Lipinski definition) is 1. The molecular weight excluding hydrogens is 245 g/mol. The summed E-state index contributed by atoms with van der Waals surface area (Å²) in [5.74, 6) is 1.10. The van der Waals surface area contributed by atoms with Crippen molar-refractivity contribution < 1.29 is 4.39 Å². The number of rotatable bonds is 2. The van der Waals surface area contributed by atoms with Gasteiger partial charge < -0.3 is 9.88 Å². The number of hydrogen-bond acceptors (Lipinski definition) is 4. The van der Waals surface area contributed by atoms with Crippen molar-refractivity contribution in [2.75, 3.05) is 11.9 Å². The molecule has 3 rings (SSSR count). The van der Waals surface area contributed by atoms with Crippen molar-refractivity contribution in [2.45, 2.75) is 6.92 Å². The Hall–Kier alpha value is -2.50.